The second-order valence-corrected chi connectivity index (χ2v) is 10.8. The summed E-state index contributed by atoms with van der Waals surface area (Å²) in [5.74, 6) is 0. The summed E-state index contributed by atoms with van der Waals surface area (Å²) < 4.78 is 10.8. The highest BCUT2D eigenvalue weighted by molar-refractivity contribution is 5.83. The summed E-state index contributed by atoms with van der Waals surface area (Å²) in [6.45, 7) is 10.5. The molecule has 1 heterocycles. The van der Waals surface area contributed by atoms with Crippen molar-refractivity contribution < 1.29 is 23.9 Å². The lowest BCUT2D eigenvalue weighted by molar-refractivity contribution is 0.0347. The predicted octanol–water partition coefficient (Wildman–Crippen LogP) is 4.83. The SMILES string of the molecule is CC(C)(C)OC(=O)NN1C(=O)N(NC(=O)OC(C)(C)C)[C@H](Cc2ccccc2)[C@H]1Cc1ccccc1. The van der Waals surface area contributed by atoms with Gasteiger partial charge in [-0.3, -0.25) is 0 Å². The molecule has 1 saturated heterocycles. The first-order valence-corrected chi connectivity index (χ1v) is 12.0. The molecule has 0 bridgehead atoms. The van der Waals surface area contributed by atoms with Crippen LogP contribution in [0.1, 0.15) is 52.7 Å². The van der Waals surface area contributed by atoms with Gasteiger partial charge in [-0.1, -0.05) is 60.7 Å². The van der Waals surface area contributed by atoms with E-state index in [9.17, 15) is 14.4 Å². The zero-order chi connectivity index (χ0) is 26.5. The van der Waals surface area contributed by atoms with Crippen molar-refractivity contribution in [1.82, 2.24) is 20.9 Å². The molecule has 0 saturated carbocycles. The van der Waals surface area contributed by atoms with Gasteiger partial charge in [0.05, 0.1) is 12.1 Å². The second kappa shape index (κ2) is 10.9. The van der Waals surface area contributed by atoms with Gasteiger partial charge in [-0.25, -0.2) is 35.3 Å². The number of carbonyl (C=O) groups excluding carboxylic acids is 3. The first kappa shape index (κ1) is 26.8. The maximum absolute atomic E-state index is 13.6. The predicted molar refractivity (Wildman–Crippen MR) is 136 cm³/mol. The van der Waals surface area contributed by atoms with Gasteiger partial charge in [0.15, 0.2) is 0 Å². The number of amides is 4. The van der Waals surface area contributed by atoms with E-state index in [1.165, 1.54) is 10.0 Å². The van der Waals surface area contributed by atoms with E-state index >= 15 is 0 Å². The molecule has 1 aliphatic rings. The summed E-state index contributed by atoms with van der Waals surface area (Å²) in [4.78, 5) is 39.0. The molecular formula is C27H36N4O5. The van der Waals surface area contributed by atoms with Gasteiger partial charge in [0.2, 0.25) is 0 Å². The van der Waals surface area contributed by atoms with Crippen LogP contribution in [0.2, 0.25) is 0 Å². The largest absolute Gasteiger partial charge is 0.443 e. The van der Waals surface area contributed by atoms with Gasteiger partial charge in [-0.05, 0) is 65.5 Å². The summed E-state index contributed by atoms with van der Waals surface area (Å²) in [5, 5.41) is 2.48. The van der Waals surface area contributed by atoms with Gasteiger partial charge >= 0.3 is 18.2 Å². The summed E-state index contributed by atoms with van der Waals surface area (Å²) in [6.07, 6.45) is -0.642. The van der Waals surface area contributed by atoms with Crippen LogP contribution in [0.15, 0.2) is 60.7 Å². The van der Waals surface area contributed by atoms with Crippen molar-refractivity contribution in [1.29, 1.82) is 0 Å². The van der Waals surface area contributed by atoms with E-state index in [0.29, 0.717) is 12.8 Å². The van der Waals surface area contributed by atoms with E-state index in [-0.39, 0.29) is 0 Å². The van der Waals surface area contributed by atoms with Gasteiger partial charge in [-0.2, -0.15) is 0 Å². The number of hydrazine groups is 2. The van der Waals surface area contributed by atoms with Crippen LogP contribution in [0, 0.1) is 0 Å². The van der Waals surface area contributed by atoms with E-state index in [1.807, 2.05) is 60.7 Å². The van der Waals surface area contributed by atoms with Crippen molar-refractivity contribution in [2.45, 2.75) is 77.7 Å². The lowest BCUT2D eigenvalue weighted by Gasteiger charge is -2.29. The van der Waals surface area contributed by atoms with Gasteiger partial charge in [-0.15, -0.1) is 0 Å². The molecule has 2 N–H and O–H groups in total. The average molecular weight is 497 g/mol. The zero-order valence-electron chi connectivity index (χ0n) is 21.8. The van der Waals surface area contributed by atoms with Crippen LogP contribution in [-0.4, -0.2) is 51.5 Å². The number of ether oxygens (including phenoxy) is 2. The number of hydrogen-bond donors (Lipinski definition) is 2. The van der Waals surface area contributed by atoms with E-state index in [4.69, 9.17) is 9.47 Å². The van der Waals surface area contributed by atoms with E-state index in [0.717, 1.165) is 11.1 Å². The van der Waals surface area contributed by atoms with Crippen molar-refractivity contribution in [3.8, 4) is 0 Å². The molecule has 1 aliphatic heterocycles. The summed E-state index contributed by atoms with van der Waals surface area (Å²) in [7, 11) is 0. The van der Waals surface area contributed by atoms with Crippen LogP contribution in [0.4, 0.5) is 14.4 Å². The Morgan fingerprint density at radius 1 is 0.694 bits per heavy atom. The Labute approximate surface area is 212 Å². The molecule has 2 aromatic rings. The van der Waals surface area contributed by atoms with Gasteiger partial charge in [0.1, 0.15) is 11.2 Å². The van der Waals surface area contributed by atoms with Crippen LogP contribution in [0.25, 0.3) is 0 Å². The molecule has 0 radical (unpaired) electrons. The van der Waals surface area contributed by atoms with Crippen LogP contribution in [0.3, 0.4) is 0 Å². The molecule has 2 aromatic carbocycles. The van der Waals surface area contributed by atoms with Crippen molar-refractivity contribution in [2.75, 3.05) is 0 Å². The normalized spacial score (nSPS) is 18.1. The Morgan fingerprint density at radius 3 is 1.33 bits per heavy atom. The molecule has 0 aliphatic carbocycles. The molecule has 9 nitrogen and oxygen atoms in total. The monoisotopic (exact) mass is 496 g/mol. The Kier molecular flexibility index (Phi) is 8.12. The lowest BCUT2D eigenvalue weighted by Crippen LogP contribution is -2.52. The molecule has 2 atom stereocenters. The quantitative estimate of drug-likeness (QED) is 0.597. The third-order valence-corrected chi connectivity index (χ3v) is 5.32. The number of benzene rings is 2. The minimum atomic E-state index is -0.758. The molecule has 1 fully saturated rings. The standard InChI is InChI=1S/C27H36N4O5/c1-26(2,3)35-23(32)28-30-21(17-19-13-9-7-10-14-19)22(18-20-15-11-8-12-16-20)31(25(30)34)29-24(33)36-27(4,5)6/h7-16,21-22H,17-18H2,1-6H3,(H,28,32)(H,29,33)/t21-,22-/m1/s1. The van der Waals surface area contributed by atoms with Crippen LogP contribution >= 0.6 is 0 Å². The van der Waals surface area contributed by atoms with E-state index in [2.05, 4.69) is 10.9 Å². The van der Waals surface area contributed by atoms with Crippen LogP contribution in [-0.2, 0) is 22.3 Å². The second-order valence-electron chi connectivity index (χ2n) is 10.8. The minimum absolute atomic E-state index is 0.437. The summed E-state index contributed by atoms with van der Waals surface area (Å²) in [6, 6.07) is 17.7. The Bertz CT molecular complexity index is 964. The highest BCUT2D eigenvalue weighted by Gasteiger charge is 2.48. The van der Waals surface area contributed by atoms with Crippen LogP contribution in [0.5, 0.6) is 0 Å². The fourth-order valence-corrected chi connectivity index (χ4v) is 3.97. The fraction of sp³-hybridized carbons (Fsp3) is 0.444. The van der Waals surface area contributed by atoms with E-state index < -0.39 is 41.5 Å². The molecule has 0 unspecified atom stereocenters. The highest BCUT2D eigenvalue weighted by Crippen LogP contribution is 2.27. The molecular weight excluding hydrogens is 460 g/mol. The fourth-order valence-electron chi connectivity index (χ4n) is 3.97. The molecule has 36 heavy (non-hydrogen) atoms. The molecule has 4 amide bonds. The zero-order valence-corrected chi connectivity index (χ0v) is 21.8. The number of urea groups is 1. The first-order valence-electron chi connectivity index (χ1n) is 12.0. The lowest BCUT2D eigenvalue weighted by atomic mass is 9.95. The maximum Gasteiger partial charge on any atom is 0.426 e. The molecule has 0 spiro atoms. The Balaban J connectivity index is 1.97. The Morgan fingerprint density at radius 2 is 1.03 bits per heavy atom. The topological polar surface area (TPSA) is 100 Å². The van der Waals surface area contributed by atoms with Crippen molar-refractivity contribution in [3.63, 3.8) is 0 Å². The number of nitrogens with one attached hydrogen (secondary N) is 2. The summed E-state index contributed by atoms with van der Waals surface area (Å²) >= 11 is 0. The average Bonchev–Trinajstić information content (AvgIpc) is 2.98. The molecule has 9 heteroatoms. The Hall–Kier alpha value is -3.75. The van der Waals surface area contributed by atoms with Gasteiger partial charge in [0.25, 0.3) is 0 Å². The maximum atomic E-state index is 13.6. The molecule has 194 valence electrons. The van der Waals surface area contributed by atoms with Crippen molar-refractivity contribution >= 4 is 18.2 Å². The van der Waals surface area contributed by atoms with Crippen molar-refractivity contribution in [3.05, 3.63) is 71.8 Å². The number of nitrogens with zero attached hydrogens (tertiary/aromatic N) is 2. The molecule has 0 aromatic heterocycles. The highest BCUT2D eigenvalue weighted by atomic mass is 16.6. The third kappa shape index (κ3) is 7.63. The number of hydrogen-bond acceptors (Lipinski definition) is 5. The smallest absolute Gasteiger partial charge is 0.426 e. The minimum Gasteiger partial charge on any atom is -0.443 e. The van der Waals surface area contributed by atoms with Gasteiger partial charge < -0.3 is 9.47 Å². The van der Waals surface area contributed by atoms with Crippen molar-refractivity contribution in [2.24, 2.45) is 0 Å². The van der Waals surface area contributed by atoms with Gasteiger partial charge in [0, 0.05) is 0 Å². The number of rotatable bonds is 6. The first-order chi connectivity index (χ1) is 16.8. The third-order valence-electron chi connectivity index (χ3n) is 5.32. The van der Waals surface area contributed by atoms with Crippen LogP contribution < -0.4 is 10.9 Å². The number of carbonyl (C=O) groups is 3. The van der Waals surface area contributed by atoms with E-state index in [1.54, 1.807) is 41.5 Å². The molecule has 3 rings (SSSR count). The summed E-state index contributed by atoms with van der Waals surface area (Å²) in [5.41, 5.74) is 5.67.